The van der Waals surface area contributed by atoms with Gasteiger partial charge in [0.1, 0.15) is 11.4 Å². The van der Waals surface area contributed by atoms with Crippen molar-refractivity contribution in [1.29, 1.82) is 0 Å². The van der Waals surface area contributed by atoms with Crippen LogP contribution < -0.4 is 4.74 Å². The van der Waals surface area contributed by atoms with Crippen LogP contribution in [0.15, 0.2) is 12.1 Å². The molecule has 1 aromatic heterocycles. The summed E-state index contributed by atoms with van der Waals surface area (Å²) < 4.78 is 46.9. The maximum Gasteiger partial charge on any atom is 0.430 e. The molecule has 1 unspecified atom stereocenters. The van der Waals surface area contributed by atoms with Crippen LogP contribution >= 0.6 is 0 Å². The van der Waals surface area contributed by atoms with E-state index in [9.17, 15) is 28.2 Å². The lowest BCUT2D eigenvalue weighted by molar-refractivity contribution is -0.284. The summed E-state index contributed by atoms with van der Waals surface area (Å²) in [5.41, 5.74) is -4.26. The summed E-state index contributed by atoms with van der Waals surface area (Å²) in [6.45, 7) is 2.69. The van der Waals surface area contributed by atoms with E-state index in [-0.39, 0.29) is 11.4 Å². The smallest absolute Gasteiger partial charge is 0.430 e. The fraction of sp³-hybridized carbons (Fsp3) is 0.571. The molecule has 0 saturated carbocycles. The van der Waals surface area contributed by atoms with Crippen molar-refractivity contribution in [2.24, 2.45) is 5.41 Å². The zero-order valence-corrected chi connectivity index (χ0v) is 12.8. The Morgan fingerprint density at radius 1 is 1.35 bits per heavy atom. The van der Waals surface area contributed by atoms with E-state index >= 15 is 0 Å². The molecule has 0 aliphatic carbocycles. The first kappa shape index (κ1) is 17.2. The standard InChI is InChI=1S/C14H17F3N2O4/c1-12(2,3)13(14(15,16)17)7-19(11(21)22)6-8-9(23-13)4-5-10(20)18-8/h4-5H,6-7H2,1-3H3,(H,18,20)(H,21,22). The van der Waals surface area contributed by atoms with Crippen molar-refractivity contribution in [1.82, 2.24) is 9.88 Å². The first-order valence-electron chi connectivity index (χ1n) is 6.80. The molecule has 0 bridgehead atoms. The van der Waals surface area contributed by atoms with Gasteiger partial charge in [0.05, 0.1) is 13.1 Å². The Kier molecular flexibility index (Phi) is 3.86. The third-order valence-electron chi connectivity index (χ3n) is 3.90. The quantitative estimate of drug-likeness (QED) is 0.762. The molecular formula is C14H17F3N2O4. The molecule has 0 aromatic carbocycles. The number of halogens is 3. The Hall–Kier alpha value is -2.19. The Labute approximate surface area is 130 Å². The first-order chi connectivity index (χ1) is 10.4. The van der Waals surface area contributed by atoms with Crippen LogP contribution in [0.1, 0.15) is 26.5 Å². The minimum Gasteiger partial charge on any atom is -0.493 e. The molecule has 1 aliphatic heterocycles. The Balaban J connectivity index is 2.68. The van der Waals surface area contributed by atoms with Gasteiger partial charge in [-0.05, 0) is 6.07 Å². The van der Waals surface area contributed by atoms with Crippen molar-refractivity contribution < 1.29 is 32.9 Å². The molecule has 0 fully saturated rings. The molecule has 1 amide bonds. The number of carbonyl (C=O) groups is 1. The number of alkyl halides is 3. The van der Waals surface area contributed by atoms with Crippen molar-refractivity contribution in [2.45, 2.75) is 39.1 Å². The van der Waals surface area contributed by atoms with Gasteiger partial charge in [0, 0.05) is 11.5 Å². The highest BCUT2D eigenvalue weighted by molar-refractivity contribution is 5.65. The van der Waals surface area contributed by atoms with E-state index in [2.05, 4.69) is 4.98 Å². The molecule has 23 heavy (non-hydrogen) atoms. The summed E-state index contributed by atoms with van der Waals surface area (Å²) in [4.78, 5) is 15.6. The number of pyridine rings is 1. The molecule has 2 heterocycles. The van der Waals surface area contributed by atoms with Gasteiger partial charge in [0.2, 0.25) is 11.5 Å². The second-order valence-electron chi connectivity index (χ2n) is 6.43. The first-order valence-corrected chi connectivity index (χ1v) is 6.80. The molecule has 1 aromatic rings. The largest absolute Gasteiger partial charge is 0.493 e. The van der Waals surface area contributed by atoms with Crippen LogP contribution in [-0.4, -0.2) is 44.5 Å². The van der Waals surface area contributed by atoms with Crippen molar-refractivity contribution in [3.8, 4) is 11.6 Å². The number of hydrogen-bond donors (Lipinski definition) is 2. The van der Waals surface area contributed by atoms with Gasteiger partial charge >= 0.3 is 12.3 Å². The van der Waals surface area contributed by atoms with Gasteiger partial charge in [0.15, 0.2) is 0 Å². The third-order valence-corrected chi connectivity index (χ3v) is 3.90. The minimum absolute atomic E-state index is 0.0669. The highest BCUT2D eigenvalue weighted by Gasteiger charge is 2.66. The number of amides is 1. The molecule has 1 aliphatic rings. The summed E-state index contributed by atoms with van der Waals surface area (Å²) in [6, 6.07) is 2.26. The lowest BCUT2D eigenvalue weighted by Gasteiger charge is -2.45. The normalized spacial score (nSPS) is 22.1. The van der Waals surface area contributed by atoms with Gasteiger partial charge in [-0.3, -0.25) is 4.90 Å². The number of rotatable bonds is 0. The van der Waals surface area contributed by atoms with Crippen LogP contribution in [0.3, 0.4) is 0 Å². The molecular weight excluding hydrogens is 317 g/mol. The van der Waals surface area contributed by atoms with Gasteiger partial charge in [0.25, 0.3) is 0 Å². The number of ether oxygens (including phenoxy) is 1. The number of nitrogens with zero attached hydrogens (tertiary/aromatic N) is 2. The predicted molar refractivity (Wildman–Crippen MR) is 73.2 cm³/mol. The van der Waals surface area contributed by atoms with E-state index in [1.165, 1.54) is 20.8 Å². The van der Waals surface area contributed by atoms with Crippen molar-refractivity contribution in [3.63, 3.8) is 0 Å². The third kappa shape index (κ3) is 2.87. The monoisotopic (exact) mass is 334 g/mol. The Bertz CT molecular complexity index is 611. The Morgan fingerprint density at radius 3 is 2.43 bits per heavy atom. The SMILES string of the molecule is CC(C)(C)C1(C(F)(F)F)CN(C(=O)O)Cc2nc(O)ccc2O1. The van der Waals surface area contributed by atoms with E-state index in [0.717, 1.165) is 12.1 Å². The highest BCUT2D eigenvalue weighted by Crippen LogP contribution is 2.49. The predicted octanol–water partition coefficient (Wildman–Crippen LogP) is 3.01. The van der Waals surface area contributed by atoms with Gasteiger partial charge < -0.3 is 14.9 Å². The summed E-state index contributed by atoms with van der Waals surface area (Å²) >= 11 is 0. The molecule has 0 radical (unpaired) electrons. The number of aromatic nitrogens is 1. The zero-order valence-electron chi connectivity index (χ0n) is 12.8. The molecule has 128 valence electrons. The average molecular weight is 334 g/mol. The van der Waals surface area contributed by atoms with Crippen LogP contribution in [0, 0.1) is 5.41 Å². The zero-order chi connectivity index (χ0) is 17.6. The van der Waals surface area contributed by atoms with E-state index in [4.69, 9.17) is 4.74 Å². The average Bonchev–Trinajstić information content (AvgIpc) is 2.54. The van der Waals surface area contributed by atoms with Gasteiger partial charge in [-0.25, -0.2) is 9.78 Å². The Morgan fingerprint density at radius 2 is 1.96 bits per heavy atom. The molecule has 9 heteroatoms. The van der Waals surface area contributed by atoms with Crippen LogP contribution in [0.25, 0.3) is 0 Å². The van der Waals surface area contributed by atoms with Crippen LogP contribution in [0.5, 0.6) is 11.6 Å². The lowest BCUT2D eigenvalue weighted by atomic mass is 9.75. The second kappa shape index (κ2) is 5.17. The summed E-state index contributed by atoms with van der Waals surface area (Å²) in [5.74, 6) is -0.619. The summed E-state index contributed by atoms with van der Waals surface area (Å²) in [5, 5.41) is 18.6. The fourth-order valence-electron chi connectivity index (χ4n) is 2.51. The maximum absolute atomic E-state index is 13.9. The van der Waals surface area contributed by atoms with Gasteiger partial charge in [-0.15, -0.1) is 0 Å². The summed E-state index contributed by atoms with van der Waals surface area (Å²) in [6.07, 6.45) is -6.34. The highest BCUT2D eigenvalue weighted by atomic mass is 19.4. The number of aromatic hydroxyl groups is 1. The number of carboxylic acid groups (broad SMARTS) is 1. The number of hydrogen-bond acceptors (Lipinski definition) is 4. The van der Waals surface area contributed by atoms with E-state index in [0.29, 0.717) is 4.90 Å². The molecule has 1 atom stereocenters. The van der Waals surface area contributed by atoms with E-state index in [1.54, 1.807) is 0 Å². The van der Waals surface area contributed by atoms with Gasteiger partial charge in [-0.1, -0.05) is 20.8 Å². The van der Waals surface area contributed by atoms with Crippen molar-refractivity contribution >= 4 is 6.09 Å². The second-order valence-corrected chi connectivity index (χ2v) is 6.43. The van der Waals surface area contributed by atoms with Crippen LogP contribution in [-0.2, 0) is 6.54 Å². The molecule has 2 N–H and O–H groups in total. The fourth-order valence-corrected chi connectivity index (χ4v) is 2.51. The maximum atomic E-state index is 13.9. The van der Waals surface area contributed by atoms with E-state index in [1.807, 2.05) is 0 Å². The van der Waals surface area contributed by atoms with Gasteiger partial charge in [-0.2, -0.15) is 13.2 Å². The van der Waals surface area contributed by atoms with Crippen molar-refractivity contribution in [2.75, 3.05) is 6.54 Å². The molecule has 2 rings (SSSR count). The number of fused-ring (bicyclic) bond motifs is 1. The topological polar surface area (TPSA) is 82.9 Å². The molecule has 0 spiro atoms. The van der Waals surface area contributed by atoms with Crippen LogP contribution in [0.4, 0.5) is 18.0 Å². The minimum atomic E-state index is -4.82. The summed E-state index contributed by atoms with van der Waals surface area (Å²) in [7, 11) is 0. The molecule has 6 nitrogen and oxygen atoms in total. The van der Waals surface area contributed by atoms with E-state index < -0.39 is 42.3 Å². The van der Waals surface area contributed by atoms with Crippen LogP contribution in [0.2, 0.25) is 0 Å². The lowest BCUT2D eigenvalue weighted by Crippen LogP contribution is -2.64. The van der Waals surface area contributed by atoms with Crippen molar-refractivity contribution in [3.05, 3.63) is 17.8 Å². The molecule has 0 saturated heterocycles.